The number of hydrogen-bond acceptors (Lipinski definition) is 2. The first-order chi connectivity index (χ1) is 4.74. The summed E-state index contributed by atoms with van der Waals surface area (Å²) in [6.07, 6.45) is 3.79. The van der Waals surface area contributed by atoms with Crippen LogP contribution in [0.15, 0.2) is 22.0 Å². The number of ether oxygens (including phenoxy) is 1. The molecular formula is C7H10BrNO. The van der Waals surface area contributed by atoms with E-state index in [1.54, 1.807) is 7.11 Å². The molecule has 0 saturated carbocycles. The summed E-state index contributed by atoms with van der Waals surface area (Å²) in [6.45, 7) is 0. The highest BCUT2D eigenvalue weighted by molar-refractivity contribution is 9.11. The molecule has 0 aromatic carbocycles. The van der Waals surface area contributed by atoms with Gasteiger partial charge < -0.3 is 10.5 Å². The van der Waals surface area contributed by atoms with E-state index in [1.165, 1.54) is 0 Å². The predicted molar refractivity (Wildman–Crippen MR) is 44.5 cm³/mol. The van der Waals surface area contributed by atoms with E-state index >= 15 is 0 Å². The minimum Gasteiger partial charge on any atom is -0.495 e. The molecule has 2 N–H and O–H groups in total. The minimum atomic E-state index is 0.790. The van der Waals surface area contributed by atoms with Crippen LogP contribution in [0.2, 0.25) is 0 Å². The number of hydrogen-bond donors (Lipinski definition) is 1. The van der Waals surface area contributed by atoms with Crippen LogP contribution < -0.4 is 5.73 Å². The van der Waals surface area contributed by atoms with E-state index in [9.17, 15) is 0 Å². The van der Waals surface area contributed by atoms with Gasteiger partial charge in [-0.15, -0.1) is 0 Å². The Hall–Kier alpha value is -0.440. The Kier molecular flexibility index (Phi) is 2.38. The lowest BCUT2D eigenvalue weighted by Crippen LogP contribution is -2.06. The molecule has 0 aromatic heterocycles. The normalized spacial score (nSPS) is 18.8. The maximum absolute atomic E-state index is 5.64. The fourth-order valence-electron chi connectivity index (χ4n) is 0.874. The summed E-state index contributed by atoms with van der Waals surface area (Å²) in [4.78, 5) is 0. The average Bonchev–Trinajstić information content (AvgIpc) is 1.94. The van der Waals surface area contributed by atoms with Crippen molar-refractivity contribution in [3.63, 3.8) is 0 Å². The largest absolute Gasteiger partial charge is 0.495 e. The van der Waals surface area contributed by atoms with Crippen molar-refractivity contribution in [2.45, 2.75) is 12.8 Å². The van der Waals surface area contributed by atoms with Gasteiger partial charge in [-0.3, -0.25) is 0 Å². The molecule has 2 nitrogen and oxygen atoms in total. The monoisotopic (exact) mass is 203 g/mol. The van der Waals surface area contributed by atoms with Crippen LogP contribution in [0.25, 0.3) is 0 Å². The average molecular weight is 204 g/mol. The predicted octanol–water partition coefficient (Wildman–Crippen LogP) is 1.88. The van der Waals surface area contributed by atoms with Gasteiger partial charge in [-0.2, -0.15) is 0 Å². The molecule has 1 rings (SSSR count). The van der Waals surface area contributed by atoms with Crippen molar-refractivity contribution in [2.75, 3.05) is 7.11 Å². The van der Waals surface area contributed by atoms with E-state index in [4.69, 9.17) is 10.5 Å². The maximum Gasteiger partial charge on any atom is 0.138 e. The van der Waals surface area contributed by atoms with Gasteiger partial charge in [0.05, 0.1) is 12.8 Å². The highest BCUT2D eigenvalue weighted by Gasteiger charge is 2.08. The van der Waals surface area contributed by atoms with Crippen LogP contribution in [-0.4, -0.2) is 7.11 Å². The molecular weight excluding hydrogens is 194 g/mol. The Morgan fingerprint density at radius 3 is 2.80 bits per heavy atom. The molecule has 3 heteroatoms. The number of methoxy groups -OCH3 is 1. The van der Waals surface area contributed by atoms with Gasteiger partial charge in [-0.05, 0) is 23.4 Å². The van der Waals surface area contributed by atoms with Gasteiger partial charge >= 0.3 is 0 Å². The van der Waals surface area contributed by atoms with Gasteiger partial charge in [0.25, 0.3) is 0 Å². The van der Waals surface area contributed by atoms with Crippen LogP contribution in [0.5, 0.6) is 0 Å². The fraction of sp³-hybridized carbons (Fsp3) is 0.429. The van der Waals surface area contributed by atoms with Crippen LogP contribution in [0.3, 0.4) is 0 Å². The first-order valence-corrected chi connectivity index (χ1v) is 3.92. The summed E-state index contributed by atoms with van der Waals surface area (Å²) in [5.74, 6) is 0.790. The van der Waals surface area contributed by atoms with Gasteiger partial charge in [-0.25, -0.2) is 0 Å². The zero-order valence-electron chi connectivity index (χ0n) is 5.86. The van der Waals surface area contributed by atoms with Crippen LogP contribution >= 0.6 is 15.9 Å². The topological polar surface area (TPSA) is 35.2 Å². The zero-order valence-corrected chi connectivity index (χ0v) is 7.44. The van der Waals surface area contributed by atoms with E-state index in [0.29, 0.717) is 0 Å². The summed E-state index contributed by atoms with van der Waals surface area (Å²) in [7, 11) is 1.63. The third kappa shape index (κ3) is 1.53. The molecule has 56 valence electrons. The second-order valence-electron chi connectivity index (χ2n) is 2.18. The molecule has 0 heterocycles. The molecule has 0 aromatic rings. The van der Waals surface area contributed by atoms with Gasteiger partial charge in [-0.1, -0.05) is 15.9 Å². The third-order valence-corrected chi connectivity index (χ3v) is 2.08. The van der Waals surface area contributed by atoms with Crippen LogP contribution in [-0.2, 0) is 4.74 Å². The molecule has 0 saturated heterocycles. The van der Waals surface area contributed by atoms with Gasteiger partial charge in [0, 0.05) is 0 Å². The zero-order chi connectivity index (χ0) is 7.56. The second kappa shape index (κ2) is 3.10. The van der Waals surface area contributed by atoms with Crippen LogP contribution in [0, 0.1) is 0 Å². The first kappa shape index (κ1) is 7.66. The molecule has 1 aliphatic rings. The van der Waals surface area contributed by atoms with Crippen LogP contribution in [0.4, 0.5) is 0 Å². The van der Waals surface area contributed by atoms with Crippen molar-refractivity contribution in [1.82, 2.24) is 0 Å². The van der Waals surface area contributed by atoms with Crippen molar-refractivity contribution < 1.29 is 4.74 Å². The standard InChI is InChI=1S/C7H10BrNO/c1-10-7-4-5(8)2-3-6(7)9/h4H,2-3,9H2,1H3. The Bertz CT molecular complexity index is 196. The number of rotatable bonds is 1. The fourth-order valence-corrected chi connectivity index (χ4v) is 1.28. The molecule has 0 spiro atoms. The summed E-state index contributed by atoms with van der Waals surface area (Å²) in [5, 5.41) is 0. The van der Waals surface area contributed by atoms with E-state index in [0.717, 1.165) is 28.8 Å². The lowest BCUT2D eigenvalue weighted by molar-refractivity contribution is 0.298. The summed E-state index contributed by atoms with van der Waals surface area (Å²) >= 11 is 3.39. The molecule has 10 heavy (non-hydrogen) atoms. The van der Waals surface area contributed by atoms with E-state index in [-0.39, 0.29) is 0 Å². The van der Waals surface area contributed by atoms with E-state index in [1.807, 2.05) is 6.08 Å². The van der Waals surface area contributed by atoms with Crippen molar-refractivity contribution in [3.8, 4) is 0 Å². The van der Waals surface area contributed by atoms with Crippen molar-refractivity contribution in [2.24, 2.45) is 5.73 Å². The highest BCUT2D eigenvalue weighted by atomic mass is 79.9. The van der Waals surface area contributed by atoms with Gasteiger partial charge in [0.1, 0.15) is 5.76 Å². The lowest BCUT2D eigenvalue weighted by Gasteiger charge is -2.12. The van der Waals surface area contributed by atoms with Gasteiger partial charge in [0.15, 0.2) is 0 Å². The number of allylic oxidation sites excluding steroid dienone is 3. The summed E-state index contributed by atoms with van der Waals surface area (Å²) in [5.41, 5.74) is 6.48. The van der Waals surface area contributed by atoms with E-state index in [2.05, 4.69) is 15.9 Å². The van der Waals surface area contributed by atoms with Gasteiger partial charge in [0.2, 0.25) is 0 Å². The molecule has 1 aliphatic carbocycles. The Balaban J connectivity index is 2.82. The molecule has 0 atom stereocenters. The second-order valence-corrected chi connectivity index (χ2v) is 3.20. The number of halogens is 1. The molecule has 0 bridgehead atoms. The Morgan fingerprint density at radius 2 is 2.30 bits per heavy atom. The highest BCUT2D eigenvalue weighted by Crippen LogP contribution is 2.24. The number of nitrogens with two attached hydrogens (primary N) is 1. The lowest BCUT2D eigenvalue weighted by atomic mass is 10.1. The summed E-state index contributed by atoms with van der Waals surface area (Å²) < 4.78 is 6.17. The van der Waals surface area contributed by atoms with Crippen molar-refractivity contribution in [1.29, 1.82) is 0 Å². The maximum atomic E-state index is 5.64. The molecule has 0 radical (unpaired) electrons. The van der Waals surface area contributed by atoms with Crippen molar-refractivity contribution in [3.05, 3.63) is 22.0 Å². The summed E-state index contributed by atoms with van der Waals surface area (Å²) in [6, 6.07) is 0. The Labute approximate surface area is 68.9 Å². The molecule has 0 aliphatic heterocycles. The smallest absolute Gasteiger partial charge is 0.138 e. The molecule has 0 unspecified atom stereocenters. The molecule has 0 fully saturated rings. The SMILES string of the molecule is COC1=C(N)CCC(Br)=C1. The quantitative estimate of drug-likeness (QED) is 0.707. The molecule has 0 amide bonds. The van der Waals surface area contributed by atoms with Crippen molar-refractivity contribution >= 4 is 15.9 Å². The first-order valence-electron chi connectivity index (χ1n) is 3.12. The third-order valence-electron chi connectivity index (χ3n) is 1.46. The van der Waals surface area contributed by atoms with E-state index < -0.39 is 0 Å². The van der Waals surface area contributed by atoms with Crippen LogP contribution in [0.1, 0.15) is 12.8 Å². The minimum absolute atomic E-state index is 0.790. The Morgan fingerprint density at radius 1 is 1.60 bits per heavy atom.